The maximum absolute atomic E-state index is 9.71. The third-order valence-corrected chi connectivity index (χ3v) is 5.72. The second-order valence-corrected chi connectivity index (χ2v) is 7.37. The van der Waals surface area contributed by atoms with E-state index in [0.717, 1.165) is 50.8 Å². The van der Waals surface area contributed by atoms with Gasteiger partial charge in [-0.05, 0) is 73.5 Å². The van der Waals surface area contributed by atoms with Gasteiger partial charge < -0.3 is 10.0 Å². The number of benzene rings is 1. The van der Waals surface area contributed by atoms with Gasteiger partial charge in [0.05, 0.1) is 0 Å². The summed E-state index contributed by atoms with van der Waals surface area (Å²) in [7, 11) is 0. The van der Waals surface area contributed by atoms with E-state index in [1.54, 1.807) is 0 Å². The molecule has 1 aliphatic heterocycles. The standard InChI is InChI=1S/C21H27N3O.C2H6/c25-20-7-6-18-5-4-17(15-19(18)16-20)8-10-23-11-13-24(14-12-23)21-3-1-2-9-22-21;1-2/h1-3,6-7,9,16-17,25H,4-5,8,10-15H2;1-2H3. The number of piperazine rings is 1. The SMILES string of the molecule is CC.Oc1ccc2c(c1)CC(CCN1CCN(c3ccccn3)CC1)CC2. The number of pyridine rings is 1. The van der Waals surface area contributed by atoms with Crippen LogP contribution in [0.1, 0.15) is 37.8 Å². The molecular formula is C23H33N3O. The van der Waals surface area contributed by atoms with E-state index >= 15 is 0 Å². The summed E-state index contributed by atoms with van der Waals surface area (Å²) < 4.78 is 0. The number of phenols is 1. The first-order valence-corrected chi connectivity index (χ1v) is 10.5. The molecule has 4 nitrogen and oxygen atoms in total. The largest absolute Gasteiger partial charge is 0.508 e. The van der Waals surface area contributed by atoms with Gasteiger partial charge in [-0.3, -0.25) is 4.90 Å². The zero-order chi connectivity index (χ0) is 19.1. The summed E-state index contributed by atoms with van der Waals surface area (Å²) in [5, 5.41) is 9.71. The van der Waals surface area contributed by atoms with Crippen molar-refractivity contribution in [3.63, 3.8) is 0 Å². The maximum Gasteiger partial charge on any atom is 0.128 e. The molecule has 1 atom stereocenters. The van der Waals surface area contributed by atoms with Gasteiger partial charge in [0.25, 0.3) is 0 Å². The summed E-state index contributed by atoms with van der Waals surface area (Å²) >= 11 is 0. The Bertz CT molecular complexity index is 696. The van der Waals surface area contributed by atoms with Gasteiger partial charge in [-0.25, -0.2) is 4.98 Å². The van der Waals surface area contributed by atoms with Gasteiger partial charge in [0.1, 0.15) is 11.6 Å². The van der Waals surface area contributed by atoms with Gasteiger partial charge in [0.15, 0.2) is 0 Å². The zero-order valence-corrected chi connectivity index (χ0v) is 16.8. The van der Waals surface area contributed by atoms with E-state index in [1.807, 2.05) is 38.2 Å². The Morgan fingerprint density at radius 1 is 1.04 bits per heavy atom. The summed E-state index contributed by atoms with van der Waals surface area (Å²) in [6.45, 7) is 9.58. The molecule has 1 aromatic carbocycles. The molecule has 27 heavy (non-hydrogen) atoms. The fourth-order valence-corrected chi connectivity index (χ4v) is 4.17. The first kappa shape index (κ1) is 19.7. The molecule has 1 aliphatic carbocycles. The van der Waals surface area contributed by atoms with Crippen LogP contribution >= 0.6 is 0 Å². The molecule has 0 saturated carbocycles. The highest BCUT2D eigenvalue weighted by Crippen LogP contribution is 2.30. The van der Waals surface area contributed by atoms with Crippen LogP contribution in [0.5, 0.6) is 5.75 Å². The number of phenolic OH excluding ortho intramolecular Hbond substituents is 1. The van der Waals surface area contributed by atoms with Gasteiger partial charge in [-0.2, -0.15) is 0 Å². The number of hydrogen-bond acceptors (Lipinski definition) is 4. The molecule has 146 valence electrons. The van der Waals surface area contributed by atoms with Crippen molar-refractivity contribution >= 4 is 5.82 Å². The lowest BCUT2D eigenvalue weighted by atomic mass is 9.82. The van der Waals surface area contributed by atoms with Crippen LogP contribution in [-0.2, 0) is 12.8 Å². The van der Waals surface area contributed by atoms with Crippen molar-refractivity contribution < 1.29 is 5.11 Å². The van der Waals surface area contributed by atoms with Crippen molar-refractivity contribution in [1.82, 2.24) is 9.88 Å². The highest BCUT2D eigenvalue weighted by Gasteiger charge is 2.22. The number of hydrogen-bond donors (Lipinski definition) is 1. The fourth-order valence-electron chi connectivity index (χ4n) is 4.17. The van der Waals surface area contributed by atoms with Crippen molar-refractivity contribution in [3.8, 4) is 5.75 Å². The molecule has 2 aromatic rings. The molecule has 0 spiro atoms. The summed E-state index contributed by atoms with van der Waals surface area (Å²) in [6, 6.07) is 12.0. The molecule has 2 aliphatic rings. The van der Waals surface area contributed by atoms with Crippen LogP contribution in [0.15, 0.2) is 42.6 Å². The Balaban J connectivity index is 0.00000102. The van der Waals surface area contributed by atoms with Crippen molar-refractivity contribution in [2.24, 2.45) is 5.92 Å². The second kappa shape index (κ2) is 9.75. The molecule has 4 rings (SSSR count). The molecule has 4 heteroatoms. The highest BCUT2D eigenvalue weighted by molar-refractivity contribution is 5.38. The van der Waals surface area contributed by atoms with E-state index < -0.39 is 0 Å². The summed E-state index contributed by atoms with van der Waals surface area (Å²) in [6.07, 6.45) is 6.70. The molecule has 1 fully saturated rings. The number of fused-ring (bicyclic) bond motifs is 1. The van der Waals surface area contributed by atoms with Crippen LogP contribution in [0.25, 0.3) is 0 Å². The minimum absolute atomic E-state index is 0.407. The van der Waals surface area contributed by atoms with Crippen LogP contribution < -0.4 is 4.90 Å². The Hall–Kier alpha value is -2.07. The van der Waals surface area contributed by atoms with E-state index in [9.17, 15) is 5.11 Å². The van der Waals surface area contributed by atoms with Crippen molar-refractivity contribution in [3.05, 3.63) is 53.7 Å². The van der Waals surface area contributed by atoms with E-state index in [-0.39, 0.29) is 0 Å². The molecule has 1 saturated heterocycles. The molecule has 0 bridgehead atoms. The maximum atomic E-state index is 9.71. The predicted molar refractivity (Wildman–Crippen MR) is 112 cm³/mol. The van der Waals surface area contributed by atoms with E-state index in [4.69, 9.17) is 0 Å². The van der Waals surface area contributed by atoms with Crippen LogP contribution in [0.3, 0.4) is 0 Å². The minimum atomic E-state index is 0.407. The number of aromatic nitrogens is 1. The molecule has 0 amide bonds. The number of nitrogens with zero attached hydrogens (tertiary/aromatic N) is 3. The Kier molecular flexibility index (Phi) is 7.11. The molecule has 1 aromatic heterocycles. The summed E-state index contributed by atoms with van der Waals surface area (Å²) in [5.74, 6) is 2.26. The third kappa shape index (κ3) is 5.23. The first-order valence-electron chi connectivity index (χ1n) is 10.5. The second-order valence-electron chi connectivity index (χ2n) is 7.37. The van der Waals surface area contributed by atoms with Crippen molar-refractivity contribution in [1.29, 1.82) is 0 Å². The van der Waals surface area contributed by atoms with E-state index in [2.05, 4.69) is 33.0 Å². The molecule has 1 N–H and O–H groups in total. The average molecular weight is 368 g/mol. The average Bonchev–Trinajstić information content (AvgIpc) is 2.74. The summed E-state index contributed by atoms with van der Waals surface area (Å²) in [4.78, 5) is 9.44. The summed E-state index contributed by atoms with van der Waals surface area (Å²) in [5.41, 5.74) is 2.79. The fraction of sp³-hybridized carbons (Fsp3) is 0.522. The first-order chi connectivity index (χ1) is 13.3. The van der Waals surface area contributed by atoms with Crippen molar-refractivity contribution in [2.45, 2.75) is 39.5 Å². The predicted octanol–water partition coefficient (Wildman–Crippen LogP) is 4.13. The lowest BCUT2D eigenvalue weighted by Crippen LogP contribution is -2.47. The molecule has 0 radical (unpaired) electrons. The van der Waals surface area contributed by atoms with Crippen LogP contribution in [0, 0.1) is 5.92 Å². The van der Waals surface area contributed by atoms with Crippen LogP contribution in [-0.4, -0.2) is 47.7 Å². The smallest absolute Gasteiger partial charge is 0.128 e. The minimum Gasteiger partial charge on any atom is -0.508 e. The van der Waals surface area contributed by atoms with Crippen LogP contribution in [0.4, 0.5) is 5.82 Å². The zero-order valence-electron chi connectivity index (χ0n) is 16.8. The third-order valence-electron chi connectivity index (χ3n) is 5.72. The Labute approximate surface area is 163 Å². The number of aryl methyl sites for hydroxylation is 1. The molecule has 2 heterocycles. The number of anilines is 1. The Morgan fingerprint density at radius 3 is 2.59 bits per heavy atom. The Morgan fingerprint density at radius 2 is 1.85 bits per heavy atom. The van der Waals surface area contributed by atoms with E-state index in [0.29, 0.717) is 5.75 Å². The quantitative estimate of drug-likeness (QED) is 0.882. The monoisotopic (exact) mass is 367 g/mol. The van der Waals surface area contributed by atoms with Gasteiger partial charge in [-0.1, -0.05) is 26.0 Å². The number of aromatic hydroxyl groups is 1. The van der Waals surface area contributed by atoms with Crippen molar-refractivity contribution in [2.75, 3.05) is 37.6 Å². The molecule has 1 unspecified atom stereocenters. The van der Waals surface area contributed by atoms with Gasteiger partial charge >= 0.3 is 0 Å². The lowest BCUT2D eigenvalue weighted by molar-refractivity contribution is 0.232. The lowest BCUT2D eigenvalue weighted by Gasteiger charge is -2.36. The van der Waals surface area contributed by atoms with Gasteiger partial charge in [-0.15, -0.1) is 0 Å². The topological polar surface area (TPSA) is 39.6 Å². The normalized spacial score (nSPS) is 19.8. The molecular weight excluding hydrogens is 334 g/mol. The highest BCUT2D eigenvalue weighted by atomic mass is 16.3. The van der Waals surface area contributed by atoms with Crippen LogP contribution in [0.2, 0.25) is 0 Å². The van der Waals surface area contributed by atoms with E-state index in [1.165, 1.54) is 30.5 Å². The van der Waals surface area contributed by atoms with Gasteiger partial charge in [0.2, 0.25) is 0 Å². The number of rotatable bonds is 4. The van der Waals surface area contributed by atoms with Gasteiger partial charge in [0, 0.05) is 32.4 Å².